The van der Waals surface area contributed by atoms with Crippen LogP contribution < -0.4 is 0 Å². The molecule has 0 aliphatic heterocycles. The van der Waals surface area contributed by atoms with Crippen molar-refractivity contribution in [1.29, 1.82) is 5.26 Å². The van der Waals surface area contributed by atoms with Crippen LogP contribution in [0.4, 0.5) is 0 Å². The maximum absolute atomic E-state index is 10.2. The summed E-state index contributed by atoms with van der Waals surface area (Å²) in [5.41, 5.74) is 9.18. The Bertz CT molecular complexity index is 1960. The highest BCUT2D eigenvalue weighted by Gasteiger charge is 2.36. The summed E-state index contributed by atoms with van der Waals surface area (Å²) in [6.07, 6.45) is 5.78. The Labute approximate surface area is 290 Å². The lowest BCUT2D eigenvalue weighted by molar-refractivity contribution is 0.295. The highest BCUT2D eigenvalue weighted by molar-refractivity contribution is 5.72. The SMILES string of the molecule is CCC1(c2cc(C#N)cc(-c3nc(-c4ccc(-c5ccccc5)cc4)nc(-c4ccc(-c5ccccc5)cc4)n3)c2)C[C@H](C)CC[C@H](C)C1. The zero-order chi connectivity index (χ0) is 33.8. The number of hydrogen-bond acceptors (Lipinski definition) is 4. The van der Waals surface area contributed by atoms with Crippen LogP contribution in [0.3, 0.4) is 0 Å². The van der Waals surface area contributed by atoms with Crippen molar-refractivity contribution in [3.05, 3.63) is 139 Å². The van der Waals surface area contributed by atoms with E-state index < -0.39 is 0 Å². The summed E-state index contributed by atoms with van der Waals surface area (Å²) < 4.78 is 0. The molecule has 242 valence electrons. The lowest BCUT2D eigenvalue weighted by atomic mass is 9.68. The van der Waals surface area contributed by atoms with Gasteiger partial charge in [0.15, 0.2) is 17.5 Å². The van der Waals surface area contributed by atoms with Gasteiger partial charge in [0.25, 0.3) is 0 Å². The number of rotatable bonds is 7. The third-order valence-electron chi connectivity index (χ3n) is 10.4. The molecular weight excluding hydrogens is 597 g/mol. The van der Waals surface area contributed by atoms with E-state index in [9.17, 15) is 5.26 Å². The molecule has 0 N–H and O–H groups in total. The Morgan fingerprint density at radius 2 is 0.959 bits per heavy atom. The van der Waals surface area contributed by atoms with Gasteiger partial charge in [-0.1, -0.05) is 143 Å². The van der Waals surface area contributed by atoms with Gasteiger partial charge in [0.2, 0.25) is 0 Å². The Morgan fingerprint density at radius 3 is 1.39 bits per heavy atom. The third kappa shape index (κ3) is 6.94. The van der Waals surface area contributed by atoms with Gasteiger partial charge in [-0.2, -0.15) is 5.26 Å². The van der Waals surface area contributed by atoms with Gasteiger partial charge < -0.3 is 0 Å². The molecule has 0 spiro atoms. The molecule has 4 heteroatoms. The first kappa shape index (κ1) is 32.2. The maximum atomic E-state index is 10.2. The maximum Gasteiger partial charge on any atom is 0.164 e. The van der Waals surface area contributed by atoms with Crippen LogP contribution in [0, 0.1) is 23.2 Å². The van der Waals surface area contributed by atoms with E-state index in [0.717, 1.165) is 58.2 Å². The zero-order valence-corrected chi connectivity index (χ0v) is 28.6. The van der Waals surface area contributed by atoms with Gasteiger partial charge in [0.05, 0.1) is 11.6 Å². The van der Waals surface area contributed by atoms with Crippen LogP contribution in [0.15, 0.2) is 127 Å². The minimum Gasteiger partial charge on any atom is -0.208 e. The molecule has 0 amide bonds. The number of benzene rings is 5. The fourth-order valence-electron chi connectivity index (χ4n) is 7.69. The second-order valence-electron chi connectivity index (χ2n) is 13.9. The Kier molecular flexibility index (Phi) is 9.18. The molecule has 0 radical (unpaired) electrons. The standard InChI is InChI=1S/C45H42N4/c1-4-45(28-31(2)15-16-32(3)29-45)41-26-33(30-46)25-40(27-41)44-48-42(38-21-17-36(18-22-38)34-11-7-5-8-12-34)47-43(49-44)39-23-19-37(20-24-39)35-13-9-6-10-14-35/h5-14,17-27,31-32H,4,15-16,28-29H2,1-3H3/t31-,32+,45?. The molecule has 1 saturated carbocycles. The van der Waals surface area contributed by atoms with Gasteiger partial charge in [0, 0.05) is 16.7 Å². The Morgan fingerprint density at radius 1 is 0.551 bits per heavy atom. The van der Waals surface area contributed by atoms with Gasteiger partial charge in [-0.3, -0.25) is 0 Å². The van der Waals surface area contributed by atoms with Gasteiger partial charge in [-0.05, 0) is 82.5 Å². The first-order valence-corrected chi connectivity index (χ1v) is 17.6. The van der Waals surface area contributed by atoms with Gasteiger partial charge in [0.1, 0.15) is 0 Å². The molecule has 1 heterocycles. The summed E-state index contributed by atoms with van der Waals surface area (Å²) in [6, 6.07) is 46.4. The van der Waals surface area contributed by atoms with Crippen molar-refractivity contribution in [2.45, 2.75) is 58.3 Å². The topological polar surface area (TPSA) is 62.5 Å². The van der Waals surface area contributed by atoms with E-state index >= 15 is 0 Å². The van der Waals surface area contributed by atoms with Crippen LogP contribution in [-0.4, -0.2) is 15.0 Å². The molecule has 3 atom stereocenters. The third-order valence-corrected chi connectivity index (χ3v) is 10.4. The Balaban J connectivity index is 1.36. The number of hydrogen-bond donors (Lipinski definition) is 0. The van der Waals surface area contributed by atoms with E-state index in [1.54, 1.807) is 0 Å². The lowest BCUT2D eigenvalue weighted by Gasteiger charge is -2.36. The minimum atomic E-state index is 0.0101. The number of aromatic nitrogens is 3. The molecule has 0 saturated heterocycles. The largest absolute Gasteiger partial charge is 0.208 e. The van der Waals surface area contributed by atoms with Gasteiger partial charge in [-0.25, -0.2) is 15.0 Å². The summed E-state index contributed by atoms with van der Waals surface area (Å²) >= 11 is 0. The van der Waals surface area contributed by atoms with Crippen LogP contribution >= 0.6 is 0 Å². The smallest absolute Gasteiger partial charge is 0.164 e. The zero-order valence-electron chi connectivity index (χ0n) is 28.6. The molecule has 1 aromatic heterocycles. The molecule has 7 rings (SSSR count). The van der Waals surface area contributed by atoms with E-state index in [1.807, 2.05) is 18.2 Å². The highest BCUT2D eigenvalue weighted by atomic mass is 15.0. The van der Waals surface area contributed by atoms with Crippen LogP contribution in [0.2, 0.25) is 0 Å². The molecule has 6 aromatic rings. The monoisotopic (exact) mass is 638 g/mol. The molecule has 49 heavy (non-hydrogen) atoms. The second kappa shape index (κ2) is 14.0. The van der Waals surface area contributed by atoms with Crippen molar-refractivity contribution >= 4 is 0 Å². The predicted octanol–water partition coefficient (Wildman–Crippen LogP) is 11.6. The van der Waals surface area contributed by atoms with Crippen LogP contribution in [-0.2, 0) is 5.41 Å². The molecular formula is C45H42N4. The molecule has 0 bridgehead atoms. The van der Waals surface area contributed by atoms with Gasteiger partial charge in [-0.15, -0.1) is 0 Å². The number of nitrogens with zero attached hydrogens (tertiary/aromatic N) is 4. The van der Waals surface area contributed by atoms with Crippen molar-refractivity contribution in [2.24, 2.45) is 11.8 Å². The quantitative estimate of drug-likeness (QED) is 0.163. The molecule has 4 nitrogen and oxygen atoms in total. The second-order valence-corrected chi connectivity index (χ2v) is 13.9. The molecule has 1 unspecified atom stereocenters. The fraction of sp³-hybridized carbons (Fsp3) is 0.244. The lowest BCUT2D eigenvalue weighted by Crippen LogP contribution is -2.28. The van der Waals surface area contributed by atoms with E-state index in [-0.39, 0.29) is 5.41 Å². The highest BCUT2D eigenvalue weighted by Crippen LogP contribution is 2.46. The predicted molar refractivity (Wildman–Crippen MR) is 200 cm³/mol. The summed E-state index contributed by atoms with van der Waals surface area (Å²) in [6.45, 7) is 7.07. The van der Waals surface area contributed by atoms with Crippen molar-refractivity contribution in [1.82, 2.24) is 15.0 Å². The van der Waals surface area contributed by atoms with E-state index in [1.165, 1.54) is 18.4 Å². The van der Waals surface area contributed by atoms with Crippen molar-refractivity contribution in [3.63, 3.8) is 0 Å². The first-order chi connectivity index (χ1) is 23.9. The van der Waals surface area contributed by atoms with Crippen LogP contribution in [0.5, 0.6) is 0 Å². The summed E-state index contributed by atoms with van der Waals surface area (Å²) in [5, 5.41) is 10.2. The van der Waals surface area contributed by atoms with Gasteiger partial charge >= 0.3 is 0 Å². The van der Waals surface area contributed by atoms with Crippen LogP contribution in [0.1, 0.15) is 64.0 Å². The first-order valence-electron chi connectivity index (χ1n) is 17.6. The molecule has 1 aliphatic carbocycles. The summed E-state index contributed by atoms with van der Waals surface area (Å²) in [4.78, 5) is 15.2. The average molecular weight is 639 g/mol. The normalized spacial score (nSPS) is 19.1. The number of nitriles is 1. The van der Waals surface area contributed by atoms with E-state index in [2.05, 4.69) is 136 Å². The van der Waals surface area contributed by atoms with Crippen molar-refractivity contribution in [3.8, 4) is 62.5 Å². The van der Waals surface area contributed by atoms with E-state index in [0.29, 0.717) is 34.9 Å². The summed E-state index contributed by atoms with van der Waals surface area (Å²) in [5.74, 6) is 3.06. The fourth-order valence-corrected chi connectivity index (χ4v) is 7.69. The molecule has 5 aromatic carbocycles. The van der Waals surface area contributed by atoms with E-state index in [4.69, 9.17) is 15.0 Å². The minimum absolute atomic E-state index is 0.0101. The summed E-state index contributed by atoms with van der Waals surface area (Å²) in [7, 11) is 0. The Hall–Kier alpha value is -5.40. The average Bonchev–Trinajstić information content (AvgIpc) is 3.32. The molecule has 1 aliphatic rings. The molecule has 1 fully saturated rings. The van der Waals surface area contributed by atoms with Crippen molar-refractivity contribution < 1.29 is 0 Å². The van der Waals surface area contributed by atoms with Crippen molar-refractivity contribution in [2.75, 3.05) is 0 Å². The van der Waals surface area contributed by atoms with Crippen LogP contribution in [0.25, 0.3) is 56.4 Å².